The molecule has 0 amide bonds. The monoisotopic (exact) mass is 534 g/mol. The van der Waals surface area contributed by atoms with Gasteiger partial charge in [0.1, 0.15) is 12.7 Å². The van der Waals surface area contributed by atoms with Crippen molar-refractivity contribution in [1.29, 1.82) is 0 Å². The first-order valence-electron chi connectivity index (χ1n) is 14.8. The number of ether oxygens (including phenoxy) is 4. The van der Waals surface area contributed by atoms with Gasteiger partial charge in [0.2, 0.25) is 0 Å². The quantitative estimate of drug-likeness (QED) is 0.372. The van der Waals surface area contributed by atoms with Gasteiger partial charge in [0.15, 0.2) is 6.29 Å². The molecule has 0 spiro atoms. The second-order valence-electron chi connectivity index (χ2n) is 13.8. The van der Waals surface area contributed by atoms with Gasteiger partial charge in [-0.25, -0.2) is 4.79 Å². The van der Waals surface area contributed by atoms with Crippen molar-refractivity contribution in [2.45, 2.75) is 127 Å². The molecule has 12 atom stereocenters. The van der Waals surface area contributed by atoms with E-state index in [2.05, 4.69) is 13.8 Å². The highest BCUT2D eigenvalue weighted by molar-refractivity contribution is 5.85. The molecule has 8 nitrogen and oxygen atoms in total. The Balaban J connectivity index is 1.18. The van der Waals surface area contributed by atoms with E-state index < -0.39 is 22.7 Å². The molecular formula is C30H46O8. The van der Waals surface area contributed by atoms with Gasteiger partial charge in [-0.15, -0.1) is 0 Å². The summed E-state index contributed by atoms with van der Waals surface area (Å²) in [6.45, 7) is 6.64. The van der Waals surface area contributed by atoms with Gasteiger partial charge in [-0.2, -0.15) is 0 Å². The van der Waals surface area contributed by atoms with Gasteiger partial charge in [0, 0.05) is 25.0 Å². The fourth-order valence-electron chi connectivity index (χ4n) is 10.1. The summed E-state index contributed by atoms with van der Waals surface area (Å²) in [5.74, 6) is 0.206. The number of methoxy groups -OCH3 is 1. The van der Waals surface area contributed by atoms with Crippen molar-refractivity contribution in [2.24, 2.45) is 28.6 Å². The van der Waals surface area contributed by atoms with Crippen LogP contribution in [0.2, 0.25) is 0 Å². The molecule has 6 aliphatic rings. The predicted molar refractivity (Wildman–Crippen MR) is 138 cm³/mol. The molecule has 8 heteroatoms. The Morgan fingerprint density at radius 3 is 2.53 bits per heavy atom. The van der Waals surface area contributed by atoms with Crippen LogP contribution in [0.3, 0.4) is 0 Å². The van der Waals surface area contributed by atoms with Crippen molar-refractivity contribution in [3.8, 4) is 0 Å². The second kappa shape index (κ2) is 9.25. The number of rotatable bonds is 4. The summed E-state index contributed by atoms with van der Waals surface area (Å²) in [4.78, 5) is 11.8. The lowest BCUT2D eigenvalue weighted by Crippen LogP contribution is -2.73. The zero-order valence-corrected chi connectivity index (χ0v) is 23.4. The fourth-order valence-corrected chi connectivity index (χ4v) is 10.1. The van der Waals surface area contributed by atoms with E-state index >= 15 is 0 Å². The van der Waals surface area contributed by atoms with Crippen LogP contribution < -0.4 is 0 Å². The molecule has 214 valence electrons. The molecule has 2 aliphatic heterocycles. The average molecular weight is 535 g/mol. The topological polar surface area (TPSA) is 115 Å². The van der Waals surface area contributed by atoms with Gasteiger partial charge in [0.25, 0.3) is 0 Å². The van der Waals surface area contributed by atoms with E-state index in [4.69, 9.17) is 18.9 Å². The van der Waals surface area contributed by atoms with Crippen molar-refractivity contribution in [2.75, 3.05) is 13.7 Å². The predicted octanol–water partition coefficient (Wildman–Crippen LogP) is 3.25. The SMILES string of the molecule is COC1CC(OC2CC[C@@]3(C)[C@@H](CC[C@]4(O)[C@H]3CC[C@]3(C)[C@H](C5=CC(=O)OC5)CC[C@@]34O)C2)OC(C)C1O. The van der Waals surface area contributed by atoms with Crippen molar-refractivity contribution in [3.63, 3.8) is 0 Å². The molecule has 5 unspecified atom stereocenters. The Morgan fingerprint density at radius 1 is 1.03 bits per heavy atom. The molecule has 5 fully saturated rings. The Bertz CT molecular complexity index is 983. The minimum absolute atomic E-state index is 0.0286. The van der Waals surface area contributed by atoms with Gasteiger partial charge < -0.3 is 34.3 Å². The van der Waals surface area contributed by atoms with Gasteiger partial charge >= 0.3 is 5.97 Å². The highest BCUT2D eigenvalue weighted by Crippen LogP contribution is 2.71. The smallest absolute Gasteiger partial charge is 0.331 e. The zero-order chi connectivity index (χ0) is 27.1. The minimum atomic E-state index is -1.18. The number of fused-ring (bicyclic) bond motifs is 5. The molecule has 38 heavy (non-hydrogen) atoms. The van der Waals surface area contributed by atoms with Crippen molar-refractivity contribution in [3.05, 3.63) is 11.6 Å². The lowest BCUT2D eigenvalue weighted by molar-refractivity contribution is -0.304. The highest BCUT2D eigenvalue weighted by atomic mass is 16.7. The first kappa shape index (κ1) is 27.2. The summed E-state index contributed by atoms with van der Waals surface area (Å²) in [6.07, 6.45) is 7.78. The van der Waals surface area contributed by atoms with Crippen LogP contribution in [0.5, 0.6) is 0 Å². The molecule has 0 bridgehead atoms. The van der Waals surface area contributed by atoms with Crippen LogP contribution in [-0.4, -0.2) is 76.9 Å². The Morgan fingerprint density at radius 2 is 1.82 bits per heavy atom. The van der Waals surface area contributed by atoms with Crippen LogP contribution in [0.1, 0.15) is 85.0 Å². The van der Waals surface area contributed by atoms with Crippen LogP contribution in [0.25, 0.3) is 0 Å². The van der Waals surface area contributed by atoms with Gasteiger partial charge in [0.05, 0.1) is 29.5 Å². The van der Waals surface area contributed by atoms with Gasteiger partial charge in [-0.05, 0) is 93.5 Å². The second-order valence-corrected chi connectivity index (χ2v) is 13.8. The largest absolute Gasteiger partial charge is 0.458 e. The maximum absolute atomic E-state index is 12.5. The van der Waals surface area contributed by atoms with Crippen molar-refractivity contribution < 1.29 is 39.1 Å². The first-order chi connectivity index (χ1) is 17.9. The van der Waals surface area contributed by atoms with Crippen LogP contribution in [0, 0.1) is 28.6 Å². The summed E-state index contributed by atoms with van der Waals surface area (Å²) >= 11 is 0. The third-order valence-electron chi connectivity index (χ3n) is 12.3. The standard InChI is InChI=1S/C30H46O8/c1-17-26(32)22(35-4)15-25(37-17)38-20-6-9-27(2)19(14-20)5-11-29(33)23(27)8-10-28(3)21(7-12-30(28,29)34)18-13-24(31)36-16-18/h13,17,19-23,25-26,32-34H,5-12,14-16H2,1-4H3/t17?,19-,20?,21-,22?,23-,25?,26?,27-,28+,29-,30+/m0/s1. The third kappa shape index (κ3) is 3.73. The normalized spacial score (nSPS) is 54.5. The molecular weight excluding hydrogens is 488 g/mol. The Labute approximate surface area is 226 Å². The van der Waals surface area contributed by atoms with Crippen LogP contribution in [-0.2, 0) is 23.7 Å². The van der Waals surface area contributed by atoms with E-state index in [-0.39, 0.29) is 47.8 Å². The van der Waals surface area contributed by atoms with E-state index in [1.54, 1.807) is 13.2 Å². The number of hydrogen-bond donors (Lipinski definition) is 3. The molecule has 0 aromatic carbocycles. The summed E-state index contributed by atoms with van der Waals surface area (Å²) in [7, 11) is 1.62. The lowest BCUT2D eigenvalue weighted by atomic mass is 9.41. The van der Waals surface area contributed by atoms with E-state index in [0.717, 1.165) is 50.5 Å². The highest BCUT2D eigenvalue weighted by Gasteiger charge is 2.74. The minimum Gasteiger partial charge on any atom is -0.458 e. The third-order valence-corrected chi connectivity index (χ3v) is 12.3. The van der Waals surface area contributed by atoms with E-state index in [9.17, 15) is 20.1 Å². The number of carbonyl (C=O) groups is 1. The number of esters is 1. The molecule has 6 rings (SSSR count). The maximum Gasteiger partial charge on any atom is 0.331 e. The van der Waals surface area contributed by atoms with E-state index in [1.807, 2.05) is 6.92 Å². The zero-order valence-electron chi connectivity index (χ0n) is 23.4. The van der Waals surface area contributed by atoms with Crippen LogP contribution in [0.4, 0.5) is 0 Å². The number of aliphatic hydroxyl groups excluding tert-OH is 1. The Hall–Kier alpha value is -1.03. The molecule has 4 saturated carbocycles. The van der Waals surface area contributed by atoms with Crippen LogP contribution in [0.15, 0.2) is 11.6 Å². The number of aliphatic hydroxyl groups is 3. The summed E-state index contributed by atoms with van der Waals surface area (Å²) in [5, 5.41) is 35.2. The summed E-state index contributed by atoms with van der Waals surface area (Å²) in [6, 6.07) is 0. The number of cyclic esters (lactones) is 1. The van der Waals surface area contributed by atoms with Crippen LogP contribution >= 0.6 is 0 Å². The molecule has 0 aromatic heterocycles. The molecule has 0 aromatic rings. The van der Waals surface area contributed by atoms with Crippen molar-refractivity contribution in [1.82, 2.24) is 0 Å². The molecule has 0 radical (unpaired) electrons. The first-order valence-corrected chi connectivity index (χ1v) is 14.8. The number of carbonyl (C=O) groups excluding carboxylic acids is 1. The summed E-state index contributed by atoms with van der Waals surface area (Å²) in [5.41, 5.74) is -1.88. The molecule has 2 heterocycles. The van der Waals surface area contributed by atoms with Gasteiger partial charge in [-0.3, -0.25) is 0 Å². The average Bonchev–Trinajstić information content (AvgIpc) is 3.42. The Kier molecular flexibility index (Phi) is 6.61. The summed E-state index contributed by atoms with van der Waals surface area (Å²) < 4.78 is 23.1. The lowest BCUT2D eigenvalue weighted by Gasteiger charge is -2.67. The fraction of sp³-hybridized carbons (Fsp3) is 0.900. The maximum atomic E-state index is 12.5. The van der Waals surface area contributed by atoms with Crippen molar-refractivity contribution >= 4 is 5.97 Å². The number of hydrogen-bond acceptors (Lipinski definition) is 8. The van der Waals surface area contributed by atoms with E-state index in [1.165, 1.54) is 0 Å². The van der Waals surface area contributed by atoms with E-state index in [0.29, 0.717) is 31.8 Å². The molecule has 3 N–H and O–H groups in total. The van der Waals surface area contributed by atoms with Gasteiger partial charge in [-0.1, -0.05) is 13.8 Å². The molecule has 4 aliphatic carbocycles. The molecule has 1 saturated heterocycles.